The van der Waals surface area contributed by atoms with E-state index in [0.29, 0.717) is 5.69 Å². The molecule has 2 rings (SSSR count). The highest BCUT2D eigenvalue weighted by molar-refractivity contribution is 7.91. The maximum atomic E-state index is 12.7. The molecule has 104 valence electrons. The summed E-state index contributed by atoms with van der Waals surface area (Å²) in [7, 11) is -3.19. The normalized spacial score (nSPS) is 24.9. The minimum Gasteiger partial charge on any atom is -0.333 e. The molecular weight excluding hydrogens is 295 g/mol. The first-order valence-electron chi connectivity index (χ1n) is 5.53. The van der Waals surface area contributed by atoms with Gasteiger partial charge in [0.05, 0.1) is 22.9 Å². The number of anilines is 1. The first kappa shape index (κ1) is 14.1. The summed E-state index contributed by atoms with van der Waals surface area (Å²) in [5.74, 6) is -0.720. The third-order valence-electron chi connectivity index (χ3n) is 2.70. The van der Waals surface area contributed by atoms with Gasteiger partial charge in [0.25, 0.3) is 0 Å². The Hall–Kier alpha value is -1.34. The minimum absolute atomic E-state index is 0.143. The van der Waals surface area contributed by atoms with Gasteiger partial charge in [0, 0.05) is 5.69 Å². The number of nitrogens with one attached hydrogen (secondary N) is 2. The molecule has 2 N–H and O–H groups in total. The second-order valence-electron chi connectivity index (χ2n) is 4.30. The molecule has 0 aliphatic carbocycles. The monoisotopic (exact) mass is 306 g/mol. The fourth-order valence-corrected chi connectivity index (χ4v) is 4.36. The molecule has 1 fully saturated rings. The molecule has 5 nitrogen and oxygen atoms in total. The van der Waals surface area contributed by atoms with Crippen molar-refractivity contribution in [2.24, 2.45) is 0 Å². The largest absolute Gasteiger partial charge is 0.333 e. The van der Waals surface area contributed by atoms with Crippen LogP contribution in [0.15, 0.2) is 24.3 Å². The van der Waals surface area contributed by atoms with E-state index in [1.165, 1.54) is 24.3 Å². The molecule has 0 unspecified atom stereocenters. The highest BCUT2D eigenvalue weighted by Crippen LogP contribution is 2.18. The molecule has 0 aromatic heterocycles. The number of rotatable bonds is 2. The number of carbonyl (C=O) groups excluding carboxylic acids is 1. The Labute approximate surface area is 115 Å². The second kappa shape index (κ2) is 5.34. The van der Waals surface area contributed by atoms with Crippen molar-refractivity contribution >= 4 is 33.2 Å². The number of benzene rings is 1. The molecule has 0 saturated carbocycles. The molecule has 1 saturated heterocycles. The van der Waals surface area contributed by atoms with Crippen molar-refractivity contribution in [1.29, 1.82) is 0 Å². The highest BCUT2D eigenvalue weighted by Gasteiger charge is 2.37. The zero-order valence-electron chi connectivity index (χ0n) is 9.77. The van der Waals surface area contributed by atoms with Crippen molar-refractivity contribution in [3.8, 4) is 0 Å². The predicted molar refractivity (Wildman–Crippen MR) is 70.6 cm³/mol. The molecule has 0 radical (unpaired) electrons. The summed E-state index contributed by atoms with van der Waals surface area (Å²) in [4.78, 5) is 11.6. The zero-order chi connectivity index (χ0) is 14.0. The average molecular weight is 307 g/mol. The van der Waals surface area contributed by atoms with Crippen molar-refractivity contribution in [3.05, 3.63) is 30.1 Å². The number of sulfone groups is 1. The van der Waals surface area contributed by atoms with Crippen LogP contribution in [0.5, 0.6) is 0 Å². The van der Waals surface area contributed by atoms with Gasteiger partial charge in [-0.2, -0.15) is 0 Å². The SMILES string of the molecule is O=C(Nc1ccc(F)cc1)N[C@H]1CS(=O)(=O)C[C@@H]1Cl. The van der Waals surface area contributed by atoms with Gasteiger partial charge in [-0.3, -0.25) is 0 Å². The van der Waals surface area contributed by atoms with E-state index in [4.69, 9.17) is 11.6 Å². The lowest BCUT2D eigenvalue weighted by molar-refractivity contribution is 0.249. The Morgan fingerprint density at radius 2 is 1.89 bits per heavy atom. The summed E-state index contributed by atoms with van der Waals surface area (Å²) in [5, 5.41) is 4.33. The molecule has 2 atom stereocenters. The molecule has 1 aliphatic heterocycles. The Kier molecular flexibility index (Phi) is 3.96. The summed E-state index contributed by atoms with van der Waals surface area (Å²) in [5.41, 5.74) is 0.408. The van der Waals surface area contributed by atoms with Crippen LogP contribution < -0.4 is 10.6 Å². The fraction of sp³-hybridized carbons (Fsp3) is 0.364. The van der Waals surface area contributed by atoms with Gasteiger partial charge in [0.2, 0.25) is 0 Å². The van der Waals surface area contributed by atoms with Crippen molar-refractivity contribution in [2.75, 3.05) is 16.8 Å². The standard InChI is InChI=1S/C11H12ClFN2O3S/c12-9-5-19(17,18)6-10(9)15-11(16)14-8-3-1-7(13)2-4-8/h1-4,9-10H,5-6H2,(H2,14,15,16)/t9-,10-/m0/s1. The summed E-state index contributed by atoms with van der Waals surface area (Å²) in [6.07, 6.45) is 0. The maximum absolute atomic E-state index is 12.7. The fourth-order valence-electron chi connectivity index (χ4n) is 1.81. The van der Waals surface area contributed by atoms with Gasteiger partial charge in [-0.1, -0.05) is 0 Å². The smallest absolute Gasteiger partial charge is 0.319 e. The number of hydrogen-bond acceptors (Lipinski definition) is 3. The number of alkyl halides is 1. The summed E-state index contributed by atoms with van der Waals surface area (Å²) >= 11 is 5.86. The van der Waals surface area contributed by atoms with Gasteiger partial charge in [0.1, 0.15) is 5.82 Å². The van der Waals surface area contributed by atoms with E-state index in [1.54, 1.807) is 0 Å². The van der Waals surface area contributed by atoms with Gasteiger partial charge in [-0.05, 0) is 24.3 Å². The van der Waals surface area contributed by atoms with Crippen LogP contribution in [-0.2, 0) is 9.84 Å². The van der Waals surface area contributed by atoms with Crippen LogP contribution in [0.2, 0.25) is 0 Å². The number of amides is 2. The van der Waals surface area contributed by atoms with E-state index in [2.05, 4.69) is 10.6 Å². The first-order chi connectivity index (χ1) is 8.85. The van der Waals surface area contributed by atoms with Gasteiger partial charge < -0.3 is 10.6 Å². The summed E-state index contributed by atoms with van der Waals surface area (Å²) < 4.78 is 35.3. The Balaban J connectivity index is 1.93. The average Bonchev–Trinajstić information content (AvgIpc) is 2.55. The number of urea groups is 1. The van der Waals surface area contributed by atoms with Crippen LogP contribution in [0, 0.1) is 5.82 Å². The zero-order valence-corrected chi connectivity index (χ0v) is 11.3. The molecule has 1 aromatic rings. The van der Waals surface area contributed by atoms with Crippen LogP contribution in [-0.4, -0.2) is 37.4 Å². The van der Waals surface area contributed by atoms with Crippen molar-refractivity contribution in [3.63, 3.8) is 0 Å². The third-order valence-corrected chi connectivity index (χ3v) is 5.08. The summed E-state index contributed by atoms with van der Waals surface area (Å²) in [6, 6.07) is 4.03. The van der Waals surface area contributed by atoms with E-state index in [1.807, 2.05) is 0 Å². The van der Waals surface area contributed by atoms with E-state index in [9.17, 15) is 17.6 Å². The van der Waals surface area contributed by atoms with Crippen molar-refractivity contribution in [1.82, 2.24) is 5.32 Å². The van der Waals surface area contributed by atoms with Gasteiger partial charge in [0.15, 0.2) is 9.84 Å². The van der Waals surface area contributed by atoms with Gasteiger partial charge in [-0.15, -0.1) is 11.6 Å². The lowest BCUT2D eigenvalue weighted by atomic mass is 10.2. The molecule has 1 heterocycles. The molecule has 1 aliphatic rings. The number of halogens is 2. The van der Waals surface area contributed by atoms with E-state index >= 15 is 0 Å². The van der Waals surface area contributed by atoms with Crippen LogP contribution in [0.4, 0.5) is 14.9 Å². The van der Waals surface area contributed by atoms with Crippen LogP contribution >= 0.6 is 11.6 Å². The van der Waals surface area contributed by atoms with E-state index in [0.717, 1.165) is 0 Å². The molecule has 8 heteroatoms. The van der Waals surface area contributed by atoms with Crippen molar-refractivity contribution < 1.29 is 17.6 Å². The lowest BCUT2D eigenvalue weighted by Gasteiger charge is -2.15. The first-order valence-corrected chi connectivity index (χ1v) is 7.79. The van der Waals surface area contributed by atoms with Crippen LogP contribution in [0.25, 0.3) is 0 Å². The maximum Gasteiger partial charge on any atom is 0.319 e. The van der Waals surface area contributed by atoms with E-state index < -0.39 is 33.1 Å². The number of hydrogen-bond donors (Lipinski definition) is 2. The van der Waals surface area contributed by atoms with Gasteiger partial charge >= 0.3 is 6.03 Å². The molecule has 19 heavy (non-hydrogen) atoms. The van der Waals surface area contributed by atoms with Gasteiger partial charge in [-0.25, -0.2) is 17.6 Å². The third kappa shape index (κ3) is 3.81. The molecule has 1 aromatic carbocycles. The Bertz CT molecular complexity index is 576. The van der Waals surface area contributed by atoms with Crippen LogP contribution in [0.3, 0.4) is 0 Å². The Morgan fingerprint density at radius 3 is 2.42 bits per heavy atom. The van der Waals surface area contributed by atoms with Crippen molar-refractivity contribution in [2.45, 2.75) is 11.4 Å². The highest BCUT2D eigenvalue weighted by atomic mass is 35.5. The molecule has 0 bridgehead atoms. The molecule has 2 amide bonds. The van der Waals surface area contributed by atoms with Crippen LogP contribution in [0.1, 0.15) is 0 Å². The topological polar surface area (TPSA) is 75.3 Å². The molecule has 0 spiro atoms. The van der Waals surface area contributed by atoms with E-state index in [-0.39, 0.29) is 11.5 Å². The molecular formula is C11H12ClFN2O3S. The minimum atomic E-state index is -3.19. The Morgan fingerprint density at radius 1 is 1.26 bits per heavy atom. The quantitative estimate of drug-likeness (QED) is 0.810. The lowest BCUT2D eigenvalue weighted by Crippen LogP contribution is -2.42. The summed E-state index contributed by atoms with van der Waals surface area (Å²) in [6.45, 7) is 0. The number of carbonyl (C=O) groups is 1. The predicted octanol–water partition coefficient (Wildman–Crippen LogP) is 1.35. The second-order valence-corrected chi connectivity index (χ2v) is 7.02.